The van der Waals surface area contributed by atoms with Crippen molar-refractivity contribution in [3.05, 3.63) is 29.8 Å². The van der Waals surface area contributed by atoms with Gasteiger partial charge in [0.15, 0.2) is 0 Å². The minimum absolute atomic E-state index is 0. The molecule has 0 aliphatic rings. The van der Waals surface area contributed by atoms with E-state index in [9.17, 15) is 0 Å². The van der Waals surface area contributed by atoms with Crippen molar-refractivity contribution in [2.45, 2.75) is 11.8 Å². The monoisotopic (exact) mass is 394 g/mol. The molecule has 0 bridgehead atoms. The van der Waals surface area contributed by atoms with Crippen LogP contribution in [0.1, 0.15) is 5.56 Å². The minimum atomic E-state index is 0. The van der Waals surface area contributed by atoms with Gasteiger partial charge in [-0.2, -0.15) is 0 Å². The van der Waals surface area contributed by atoms with Gasteiger partial charge in [0.25, 0.3) is 0 Å². The molecule has 0 spiro atoms. The Bertz CT molecular complexity index is 186. The summed E-state index contributed by atoms with van der Waals surface area (Å²) in [5.41, 5.74) is 1.33. The van der Waals surface area contributed by atoms with Gasteiger partial charge in [0.2, 0.25) is 0 Å². The zero-order valence-corrected chi connectivity index (χ0v) is 11.7. The first kappa shape index (κ1) is 14.1. The molecule has 0 aliphatic heterocycles. The third kappa shape index (κ3) is 4.92. The second-order valence-electron chi connectivity index (χ2n) is 2.02. The molecule has 0 aromatic heterocycles. The molecule has 0 atom stereocenters. The molecule has 1 rings (SSSR count). The topological polar surface area (TPSA) is 31.5 Å². The zero-order chi connectivity index (χ0) is 6.69. The minimum Gasteiger partial charge on any atom is -0.412 e. The van der Waals surface area contributed by atoms with Crippen LogP contribution in [0.15, 0.2) is 29.2 Å². The molecule has 2 N–H and O–H groups in total. The van der Waals surface area contributed by atoms with E-state index in [0.29, 0.717) is 0 Å². The molecule has 3 heteroatoms. The fourth-order valence-electron chi connectivity index (χ4n) is 0.674. The van der Waals surface area contributed by atoms with E-state index >= 15 is 0 Å². The predicted octanol–water partition coefficient (Wildman–Crippen LogP) is 1.89. The second-order valence-corrected chi connectivity index (χ2v) is 2.90. The maximum Gasteiger partial charge on any atom is 0.00693 e. The van der Waals surface area contributed by atoms with Crippen LogP contribution in [0.2, 0.25) is 0 Å². The third-order valence-electron chi connectivity index (χ3n) is 1.26. The van der Waals surface area contributed by atoms with Gasteiger partial charge in [0.05, 0.1) is 0 Å². The first-order chi connectivity index (χ1) is 4.33. The van der Waals surface area contributed by atoms with Crippen LogP contribution in [0.5, 0.6) is 0 Å². The van der Waals surface area contributed by atoms with Gasteiger partial charge in [0, 0.05) is 36.0 Å². The van der Waals surface area contributed by atoms with Crippen LogP contribution >= 0.6 is 11.8 Å². The summed E-state index contributed by atoms with van der Waals surface area (Å²) >= 11 is 1.78. The molecule has 0 heterocycles. The van der Waals surface area contributed by atoms with Crippen LogP contribution in [0.25, 0.3) is 0 Å². The molecule has 0 radical (unpaired) electrons. The normalized spacial score (nSPS) is 7.82. The van der Waals surface area contributed by atoms with Crippen molar-refractivity contribution >= 4 is 11.8 Å². The summed E-state index contributed by atoms with van der Waals surface area (Å²) in [7, 11) is 0. The standard InChI is InChI=1S/C8H10S.H2O.U/c1-7-3-5-8(9-2)6-4-7;;/h3-6H,1-2H3;1H2;. The van der Waals surface area contributed by atoms with Crippen molar-refractivity contribution in [1.82, 2.24) is 0 Å². The Labute approximate surface area is 95.6 Å². The van der Waals surface area contributed by atoms with E-state index in [2.05, 4.69) is 37.4 Å². The molecule has 0 fully saturated rings. The van der Waals surface area contributed by atoms with Crippen LogP contribution in [0, 0.1) is 38.0 Å². The summed E-state index contributed by atoms with van der Waals surface area (Å²) in [6, 6.07) is 8.54. The molecule has 1 nitrogen and oxygen atoms in total. The molecule has 0 saturated heterocycles. The van der Waals surface area contributed by atoms with E-state index in [1.807, 2.05) is 0 Å². The fourth-order valence-corrected chi connectivity index (χ4v) is 1.08. The molecule has 11 heavy (non-hydrogen) atoms. The number of aryl methyl sites for hydroxylation is 1. The van der Waals surface area contributed by atoms with Gasteiger partial charge in [-0.3, -0.25) is 0 Å². The molecule has 0 unspecified atom stereocenters. The van der Waals surface area contributed by atoms with Gasteiger partial charge in [-0.15, -0.1) is 11.8 Å². The molecular formula is C8H12OSU. The van der Waals surface area contributed by atoms with E-state index in [4.69, 9.17) is 0 Å². The van der Waals surface area contributed by atoms with Gasteiger partial charge in [0.1, 0.15) is 0 Å². The summed E-state index contributed by atoms with van der Waals surface area (Å²) in [5, 5.41) is 0. The Balaban J connectivity index is 0. The van der Waals surface area contributed by atoms with Crippen molar-refractivity contribution in [2.24, 2.45) is 0 Å². The zero-order valence-electron chi connectivity index (χ0n) is 6.72. The first-order valence-corrected chi connectivity index (χ1v) is 4.16. The Morgan fingerprint density at radius 1 is 1.09 bits per heavy atom. The molecule has 0 amide bonds. The van der Waals surface area contributed by atoms with Gasteiger partial charge >= 0.3 is 0 Å². The van der Waals surface area contributed by atoms with E-state index in [-0.39, 0.29) is 36.6 Å². The van der Waals surface area contributed by atoms with Gasteiger partial charge < -0.3 is 5.48 Å². The maximum absolute atomic E-state index is 2.14. The summed E-state index contributed by atoms with van der Waals surface area (Å²) in [5.74, 6) is 0. The SMILES string of the molecule is CSc1ccc(C)cc1.O.[U]. The second kappa shape index (κ2) is 7.24. The van der Waals surface area contributed by atoms with E-state index in [1.165, 1.54) is 10.5 Å². The van der Waals surface area contributed by atoms with Crippen molar-refractivity contribution in [3.63, 3.8) is 0 Å². The van der Waals surface area contributed by atoms with Gasteiger partial charge in [-0.25, -0.2) is 0 Å². The predicted molar refractivity (Wildman–Crippen MR) is 46.6 cm³/mol. The number of rotatable bonds is 1. The van der Waals surface area contributed by atoms with Crippen LogP contribution in [0.4, 0.5) is 0 Å². The van der Waals surface area contributed by atoms with Crippen molar-refractivity contribution < 1.29 is 36.6 Å². The molecule has 60 valence electrons. The molecule has 0 aliphatic carbocycles. The number of hydrogen-bond donors (Lipinski definition) is 0. The Morgan fingerprint density at radius 2 is 1.55 bits per heavy atom. The first-order valence-electron chi connectivity index (χ1n) is 2.93. The van der Waals surface area contributed by atoms with Crippen molar-refractivity contribution in [3.8, 4) is 0 Å². The fraction of sp³-hybridized carbons (Fsp3) is 0.250. The van der Waals surface area contributed by atoms with E-state index in [0.717, 1.165) is 0 Å². The van der Waals surface area contributed by atoms with E-state index in [1.54, 1.807) is 11.8 Å². The summed E-state index contributed by atoms with van der Waals surface area (Å²) in [6.07, 6.45) is 2.09. The average Bonchev–Trinajstić information content (AvgIpc) is 1.90. The van der Waals surface area contributed by atoms with Crippen LogP contribution in [-0.2, 0) is 0 Å². The summed E-state index contributed by atoms with van der Waals surface area (Å²) in [6.45, 7) is 2.10. The molecule has 1 aromatic carbocycles. The largest absolute Gasteiger partial charge is 0.412 e. The Hall–Kier alpha value is 0.582. The summed E-state index contributed by atoms with van der Waals surface area (Å²) < 4.78 is 0. The third-order valence-corrected chi connectivity index (χ3v) is 2.00. The molecule has 0 saturated carbocycles. The van der Waals surface area contributed by atoms with Crippen LogP contribution in [-0.4, -0.2) is 11.7 Å². The Kier molecular flexibility index (Phi) is 9.30. The average molecular weight is 394 g/mol. The smallest absolute Gasteiger partial charge is 0.00693 e. The van der Waals surface area contributed by atoms with E-state index < -0.39 is 0 Å². The number of benzene rings is 1. The quantitative estimate of drug-likeness (QED) is 0.670. The Morgan fingerprint density at radius 3 is 1.91 bits per heavy atom. The van der Waals surface area contributed by atoms with Crippen LogP contribution < -0.4 is 0 Å². The number of thioether (sulfide) groups is 1. The number of hydrogen-bond acceptors (Lipinski definition) is 1. The van der Waals surface area contributed by atoms with Crippen LogP contribution in [0.3, 0.4) is 0 Å². The van der Waals surface area contributed by atoms with Gasteiger partial charge in [-0.1, -0.05) is 17.7 Å². The van der Waals surface area contributed by atoms with Gasteiger partial charge in [-0.05, 0) is 25.3 Å². The molecular weight excluding hydrogens is 382 g/mol. The molecule has 1 aromatic rings. The van der Waals surface area contributed by atoms with Crippen molar-refractivity contribution in [2.75, 3.05) is 6.26 Å². The van der Waals surface area contributed by atoms with Crippen molar-refractivity contribution in [1.29, 1.82) is 0 Å². The maximum atomic E-state index is 2.14. The summed E-state index contributed by atoms with van der Waals surface area (Å²) in [4.78, 5) is 1.33.